The van der Waals surface area contributed by atoms with E-state index >= 15 is 0 Å². The molecule has 1 N–H and O–H groups in total. The van der Waals surface area contributed by atoms with E-state index in [2.05, 4.69) is 32.7 Å². The van der Waals surface area contributed by atoms with Crippen LogP contribution in [0.5, 0.6) is 11.5 Å². The zero-order chi connectivity index (χ0) is 13.1. The average molecular weight is 237 g/mol. The van der Waals surface area contributed by atoms with Crippen LogP contribution in [0.3, 0.4) is 0 Å². The Bertz CT molecular complexity index is 374. The van der Waals surface area contributed by atoms with E-state index in [1.807, 2.05) is 12.1 Å². The van der Waals surface area contributed by atoms with Crippen LogP contribution in [0.1, 0.15) is 32.8 Å². The number of phenols is 1. The van der Waals surface area contributed by atoms with Gasteiger partial charge < -0.3 is 9.84 Å². The normalized spacial score (nSPS) is 11.9. The Balaban J connectivity index is 2.82. The minimum absolute atomic E-state index is 0.131. The van der Waals surface area contributed by atoms with Crippen molar-refractivity contribution in [1.29, 1.82) is 0 Å². The van der Waals surface area contributed by atoms with Crippen LogP contribution < -0.4 is 4.74 Å². The molecular formula is C14H23NO2. The highest BCUT2D eigenvalue weighted by Gasteiger charge is 2.21. The third kappa shape index (κ3) is 3.37. The highest BCUT2D eigenvalue weighted by molar-refractivity contribution is 5.39. The first-order chi connectivity index (χ1) is 7.90. The lowest BCUT2D eigenvalue weighted by Gasteiger charge is -2.35. The lowest BCUT2D eigenvalue weighted by molar-refractivity contribution is 0.142. The predicted octanol–water partition coefficient (Wildman–Crippen LogP) is 3.02. The number of hydrogen-bond acceptors (Lipinski definition) is 3. The molecular weight excluding hydrogens is 214 g/mol. The van der Waals surface area contributed by atoms with Crippen molar-refractivity contribution in [3.8, 4) is 11.5 Å². The number of aromatic hydroxyl groups is 1. The van der Waals surface area contributed by atoms with Gasteiger partial charge in [-0.3, -0.25) is 4.90 Å². The third-order valence-corrected chi connectivity index (χ3v) is 3.60. The largest absolute Gasteiger partial charge is 0.507 e. The summed E-state index contributed by atoms with van der Waals surface area (Å²) >= 11 is 0. The fourth-order valence-electron chi connectivity index (χ4n) is 1.54. The molecule has 3 nitrogen and oxygen atoms in total. The zero-order valence-electron chi connectivity index (χ0n) is 11.4. The van der Waals surface area contributed by atoms with E-state index in [4.69, 9.17) is 4.74 Å². The van der Waals surface area contributed by atoms with Crippen molar-refractivity contribution < 1.29 is 9.84 Å². The van der Waals surface area contributed by atoms with Crippen molar-refractivity contribution in [2.75, 3.05) is 14.2 Å². The van der Waals surface area contributed by atoms with E-state index in [1.165, 1.54) is 0 Å². The number of rotatable bonds is 5. The molecule has 0 unspecified atom stereocenters. The molecule has 0 aliphatic heterocycles. The van der Waals surface area contributed by atoms with E-state index < -0.39 is 0 Å². The first kappa shape index (κ1) is 13.8. The first-order valence-electron chi connectivity index (χ1n) is 5.98. The maximum absolute atomic E-state index is 9.90. The minimum Gasteiger partial charge on any atom is -0.507 e. The Morgan fingerprint density at radius 2 is 2.00 bits per heavy atom. The monoisotopic (exact) mass is 237 g/mol. The smallest absolute Gasteiger partial charge is 0.123 e. The summed E-state index contributed by atoms with van der Waals surface area (Å²) < 4.78 is 5.07. The Labute approximate surface area is 104 Å². The van der Waals surface area contributed by atoms with Gasteiger partial charge in [0.2, 0.25) is 0 Å². The predicted molar refractivity (Wildman–Crippen MR) is 70.5 cm³/mol. The van der Waals surface area contributed by atoms with Crippen molar-refractivity contribution >= 4 is 0 Å². The van der Waals surface area contributed by atoms with Crippen LogP contribution in [0, 0.1) is 0 Å². The van der Waals surface area contributed by atoms with Crippen molar-refractivity contribution in [2.24, 2.45) is 0 Å². The second-order valence-corrected chi connectivity index (χ2v) is 5.02. The van der Waals surface area contributed by atoms with Gasteiger partial charge in [-0.15, -0.1) is 0 Å². The molecule has 1 aromatic rings. The van der Waals surface area contributed by atoms with Crippen LogP contribution in [0.25, 0.3) is 0 Å². The Hall–Kier alpha value is -1.22. The van der Waals surface area contributed by atoms with Crippen LogP contribution in [-0.4, -0.2) is 29.7 Å². The topological polar surface area (TPSA) is 32.7 Å². The highest BCUT2D eigenvalue weighted by Crippen LogP contribution is 2.27. The van der Waals surface area contributed by atoms with Crippen LogP contribution in [0.2, 0.25) is 0 Å². The summed E-state index contributed by atoms with van der Waals surface area (Å²) in [5.41, 5.74) is 1.06. The summed E-state index contributed by atoms with van der Waals surface area (Å²) in [6, 6.07) is 5.44. The van der Waals surface area contributed by atoms with E-state index in [0.717, 1.165) is 18.5 Å². The lowest BCUT2D eigenvalue weighted by Crippen LogP contribution is -2.39. The summed E-state index contributed by atoms with van der Waals surface area (Å²) in [6.45, 7) is 7.31. The standard InChI is InChI=1S/C14H23NO2/c1-6-14(2,3)15(4)10-11-7-8-12(17-5)9-13(11)16/h7-9,16H,6,10H2,1-5H3. The van der Waals surface area contributed by atoms with Crippen molar-refractivity contribution in [2.45, 2.75) is 39.3 Å². The number of phenolic OH excluding ortho intramolecular Hbond substituents is 1. The van der Waals surface area contributed by atoms with Crippen LogP contribution >= 0.6 is 0 Å². The molecule has 0 atom stereocenters. The van der Waals surface area contributed by atoms with Gasteiger partial charge >= 0.3 is 0 Å². The second kappa shape index (κ2) is 5.41. The fraction of sp³-hybridized carbons (Fsp3) is 0.571. The van der Waals surface area contributed by atoms with Gasteiger partial charge in [0.05, 0.1) is 7.11 Å². The lowest BCUT2D eigenvalue weighted by atomic mass is 9.99. The average Bonchev–Trinajstić information content (AvgIpc) is 2.31. The van der Waals surface area contributed by atoms with Crippen LogP contribution in [0.15, 0.2) is 18.2 Å². The highest BCUT2D eigenvalue weighted by atomic mass is 16.5. The van der Waals surface area contributed by atoms with Gasteiger partial charge in [-0.2, -0.15) is 0 Å². The van der Waals surface area contributed by atoms with Gasteiger partial charge in [-0.1, -0.05) is 13.0 Å². The molecule has 0 heterocycles. The van der Waals surface area contributed by atoms with Crippen molar-refractivity contribution in [3.05, 3.63) is 23.8 Å². The van der Waals surface area contributed by atoms with Crippen molar-refractivity contribution in [3.63, 3.8) is 0 Å². The zero-order valence-corrected chi connectivity index (χ0v) is 11.4. The molecule has 0 bridgehead atoms. The first-order valence-corrected chi connectivity index (χ1v) is 5.98. The van der Waals surface area contributed by atoms with E-state index in [0.29, 0.717) is 11.5 Å². The molecule has 0 fully saturated rings. The quantitative estimate of drug-likeness (QED) is 0.854. The maximum atomic E-state index is 9.90. The Kier molecular flexibility index (Phi) is 4.40. The van der Waals surface area contributed by atoms with Crippen LogP contribution in [0.4, 0.5) is 0 Å². The van der Waals surface area contributed by atoms with Gasteiger partial charge in [0.25, 0.3) is 0 Å². The van der Waals surface area contributed by atoms with Gasteiger partial charge in [-0.05, 0) is 33.4 Å². The van der Waals surface area contributed by atoms with Crippen LogP contribution in [-0.2, 0) is 6.54 Å². The third-order valence-electron chi connectivity index (χ3n) is 3.60. The molecule has 3 heteroatoms. The molecule has 0 amide bonds. The summed E-state index contributed by atoms with van der Waals surface area (Å²) in [5.74, 6) is 0.978. The molecule has 0 saturated carbocycles. The van der Waals surface area contributed by atoms with E-state index in [1.54, 1.807) is 13.2 Å². The second-order valence-electron chi connectivity index (χ2n) is 5.02. The minimum atomic E-state index is 0.131. The molecule has 0 saturated heterocycles. The molecule has 17 heavy (non-hydrogen) atoms. The fourth-order valence-corrected chi connectivity index (χ4v) is 1.54. The Morgan fingerprint density at radius 3 is 2.47 bits per heavy atom. The van der Waals surface area contributed by atoms with Crippen molar-refractivity contribution in [1.82, 2.24) is 4.90 Å². The molecule has 0 radical (unpaired) electrons. The summed E-state index contributed by atoms with van der Waals surface area (Å²) in [7, 11) is 3.67. The maximum Gasteiger partial charge on any atom is 0.123 e. The number of benzene rings is 1. The number of hydrogen-bond donors (Lipinski definition) is 1. The van der Waals surface area contributed by atoms with Gasteiger partial charge in [0.15, 0.2) is 0 Å². The summed E-state index contributed by atoms with van der Waals surface area (Å²) in [6.07, 6.45) is 1.07. The molecule has 0 aliphatic rings. The number of ether oxygens (including phenoxy) is 1. The molecule has 1 rings (SSSR count). The van der Waals surface area contributed by atoms with Gasteiger partial charge in [0, 0.05) is 23.7 Å². The van der Waals surface area contributed by atoms with Gasteiger partial charge in [-0.25, -0.2) is 0 Å². The van der Waals surface area contributed by atoms with E-state index in [-0.39, 0.29) is 5.54 Å². The molecule has 0 spiro atoms. The Morgan fingerprint density at radius 1 is 1.35 bits per heavy atom. The molecule has 1 aromatic carbocycles. The number of nitrogens with zero attached hydrogens (tertiary/aromatic N) is 1. The van der Waals surface area contributed by atoms with Gasteiger partial charge in [0.1, 0.15) is 11.5 Å². The number of methoxy groups -OCH3 is 1. The summed E-state index contributed by atoms with van der Waals surface area (Å²) in [5, 5.41) is 9.90. The summed E-state index contributed by atoms with van der Waals surface area (Å²) in [4.78, 5) is 2.24. The molecule has 0 aliphatic carbocycles. The molecule has 0 aromatic heterocycles. The molecule has 96 valence electrons. The van der Waals surface area contributed by atoms with E-state index in [9.17, 15) is 5.11 Å². The SMILES string of the molecule is CCC(C)(C)N(C)Cc1ccc(OC)cc1O.